The van der Waals surface area contributed by atoms with E-state index >= 15 is 0 Å². The Bertz CT molecular complexity index is 331. The van der Waals surface area contributed by atoms with E-state index in [2.05, 4.69) is 23.4 Å². The van der Waals surface area contributed by atoms with E-state index in [0.717, 1.165) is 26.1 Å². The third kappa shape index (κ3) is 2.62. The highest BCUT2D eigenvalue weighted by molar-refractivity contribution is 5.01. The van der Waals surface area contributed by atoms with E-state index in [1.54, 1.807) is 0 Å². The maximum absolute atomic E-state index is 8.97. The van der Waals surface area contributed by atoms with Crippen LogP contribution in [0.4, 0.5) is 0 Å². The number of nitrogens with one attached hydrogen (secondary N) is 1. The number of nitrogens with zero attached hydrogens (tertiary/aromatic N) is 2. The summed E-state index contributed by atoms with van der Waals surface area (Å²) in [7, 11) is 0. The summed E-state index contributed by atoms with van der Waals surface area (Å²) in [4.78, 5) is 0. The van der Waals surface area contributed by atoms with Crippen molar-refractivity contribution < 1.29 is 5.11 Å². The molecular weight excluding hydrogens is 202 g/mol. The molecule has 0 aliphatic heterocycles. The monoisotopic (exact) mass is 223 g/mol. The molecule has 0 radical (unpaired) electrons. The topological polar surface area (TPSA) is 50.1 Å². The Labute approximate surface area is 96.7 Å². The van der Waals surface area contributed by atoms with Crippen molar-refractivity contribution in [1.82, 2.24) is 15.1 Å². The van der Waals surface area contributed by atoms with Gasteiger partial charge in [0.05, 0.1) is 5.69 Å². The van der Waals surface area contributed by atoms with Crippen LogP contribution in [-0.4, -0.2) is 28.0 Å². The first-order chi connectivity index (χ1) is 7.79. The molecule has 0 atom stereocenters. The number of hydrogen-bond acceptors (Lipinski definition) is 3. The zero-order valence-electron chi connectivity index (χ0n) is 9.95. The average Bonchev–Trinajstić information content (AvgIpc) is 2.90. The van der Waals surface area contributed by atoms with Crippen LogP contribution >= 0.6 is 0 Å². The van der Waals surface area contributed by atoms with Crippen molar-refractivity contribution in [3.05, 3.63) is 18.0 Å². The molecule has 0 aromatic carbocycles. The molecule has 0 amide bonds. The standard InChI is InChI=1S/C12H21N3O/c1-2-15-11(3-7-14-15)9-13-10-12(4-5-12)6-8-16/h3,7,13,16H,2,4-6,8-10H2,1H3. The smallest absolute Gasteiger partial charge is 0.0521 e. The molecule has 4 heteroatoms. The molecule has 1 fully saturated rings. The van der Waals surface area contributed by atoms with E-state index in [1.165, 1.54) is 18.5 Å². The van der Waals surface area contributed by atoms with Crippen LogP contribution < -0.4 is 5.32 Å². The van der Waals surface area contributed by atoms with Crippen LogP contribution in [0.25, 0.3) is 0 Å². The summed E-state index contributed by atoms with van der Waals surface area (Å²) >= 11 is 0. The maximum atomic E-state index is 8.97. The fourth-order valence-electron chi connectivity index (χ4n) is 2.18. The summed E-state index contributed by atoms with van der Waals surface area (Å²) < 4.78 is 2.01. The highest BCUT2D eigenvalue weighted by Crippen LogP contribution is 2.47. The van der Waals surface area contributed by atoms with Crippen molar-refractivity contribution in [1.29, 1.82) is 0 Å². The minimum atomic E-state index is 0.314. The number of aliphatic hydroxyl groups is 1. The van der Waals surface area contributed by atoms with Crippen LogP contribution in [0, 0.1) is 5.41 Å². The van der Waals surface area contributed by atoms with E-state index in [9.17, 15) is 0 Å². The third-order valence-corrected chi connectivity index (χ3v) is 3.51. The summed E-state index contributed by atoms with van der Waals surface area (Å²) in [6.07, 6.45) is 5.30. The number of aliphatic hydroxyl groups excluding tert-OH is 1. The quantitative estimate of drug-likeness (QED) is 0.729. The van der Waals surface area contributed by atoms with Gasteiger partial charge in [0.1, 0.15) is 0 Å². The van der Waals surface area contributed by atoms with Crippen molar-refractivity contribution in [3.63, 3.8) is 0 Å². The molecule has 0 bridgehead atoms. The van der Waals surface area contributed by atoms with Gasteiger partial charge in [0, 0.05) is 32.4 Å². The first-order valence-electron chi connectivity index (χ1n) is 6.12. The lowest BCUT2D eigenvalue weighted by Gasteiger charge is -2.14. The van der Waals surface area contributed by atoms with Gasteiger partial charge in [-0.2, -0.15) is 5.10 Å². The van der Waals surface area contributed by atoms with Crippen molar-refractivity contribution in [2.75, 3.05) is 13.2 Å². The zero-order chi connectivity index (χ0) is 11.4. The van der Waals surface area contributed by atoms with Crippen LogP contribution in [-0.2, 0) is 13.1 Å². The largest absolute Gasteiger partial charge is 0.396 e. The molecule has 1 aliphatic rings. The van der Waals surface area contributed by atoms with Gasteiger partial charge in [0.25, 0.3) is 0 Å². The lowest BCUT2D eigenvalue weighted by molar-refractivity contribution is 0.245. The van der Waals surface area contributed by atoms with Crippen molar-refractivity contribution in [2.24, 2.45) is 5.41 Å². The molecule has 0 unspecified atom stereocenters. The van der Waals surface area contributed by atoms with E-state index in [1.807, 2.05) is 10.9 Å². The van der Waals surface area contributed by atoms with Gasteiger partial charge in [-0.15, -0.1) is 0 Å². The minimum Gasteiger partial charge on any atom is -0.396 e. The molecule has 4 nitrogen and oxygen atoms in total. The second-order valence-electron chi connectivity index (χ2n) is 4.72. The molecule has 1 heterocycles. The molecule has 2 N–H and O–H groups in total. The summed E-state index contributed by atoms with van der Waals surface area (Å²) in [5, 5.41) is 16.7. The predicted octanol–water partition coefficient (Wildman–Crippen LogP) is 1.16. The molecular formula is C12H21N3O. The Hall–Kier alpha value is -0.870. The van der Waals surface area contributed by atoms with Crippen LogP contribution in [0.5, 0.6) is 0 Å². The predicted molar refractivity (Wildman–Crippen MR) is 63.0 cm³/mol. The third-order valence-electron chi connectivity index (χ3n) is 3.51. The zero-order valence-corrected chi connectivity index (χ0v) is 9.95. The summed E-state index contributed by atoms with van der Waals surface area (Å²) in [5.41, 5.74) is 1.63. The summed E-state index contributed by atoms with van der Waals surface area (Å²) in [6, 6.07) is 2.06. The molecule has 0 spiro atoms. The lowest BCUT2D eigenvalue weighted by Crippen LogP contribution is -2.25. The summed E-state index contributed by atoms with van der Waals surface area (Å²) in [6.45, 7) is 5.23. The van der Waals surface area contributed by atoms with Crippen LogP contribution in [0.2, 0.25) is 0 Å². The SMILES string of the molecule is CCn1nccc1CNCC1(CCO)CC1. The van der Waals surface area contributed by atoms with E-state index in [0.29, 0.717) is 12.0 Å². The lowest BCUT2D eigenvalue weighted by atomic mass is 10.0. The first-order valence-corrected chi connectivity index (χ1v) is 6.12. The van der Waals surface area contributed by atoms with Gasteiger partial charge in [-0.3, -0.25) is 4.68 Å². The van der Waals surface area contributed by atoms with Crippen molar-refractivity contribution in [2.45, 2.75) is 39.3 Å². The Balaban J connectivity index is 1.76. The second kappa shape index (κ2) is 4.97. The number of aryl methyl sites for hydroxylation is 1. The molecule has 90 valence electrons. The molecule has 2 rings (SSSR count). The Morgan fingerprint density at radius 3 is 3.00 bits per heavy atom. The Morgan fingerprint density at radius 1 is 1.56 bits per heavy atom. The second-order valence-corrected chi connectivity index (χ2v) is 4.72. The fourth-order valence-corrected chi connectivity index (χ4v) is 2.18. The van der Waals surface area contributed by atoms with Crippen LogP contribution in [0.1, 0.15) is 31.9 Å². The van der Waals surface area contributed by atoms with E-state index in [-0.39, 0.29) is 0 Å². The van der Waals surface area contributed by atoms with Crippen LogP contribution in [0.3, 0.4) is 0 Å². The van der Waals surface area contributed by atoms with Gasteiger partial charge < -0.3 is 10.4 Å². The van der Waals surface area contributed by atoms with Crippen LogP contribution in [0.15, 0.2) is 12.3 Å². The van der Waals surface area contributed by atoms with Crippen molar-refractivity contribution in [3.8, 4) is 0 Å². The molecule has 1 saturated carbocycles. The average molecular weight is 223 g/mol. The van der Waals surface area contributed by atoms with Gasteiger partial charge >= 0.3 is 0 Å². The van der Waals surface area contributed by atoms with Gasteiger partial charge in [-0.1, -0.05) is 0 Å². The van der Waals surface area contributed by atoms with Crippen molar-refractivity contribution >= 4 is 0 Å². The molecule has 1 aromatic rings. The Morgan fingerprint density at radius 2 is 2.38 bits per heavy atom. The Kier molecular flexibility index (Phi) is 3.61. The number of rotatable bonds is 7. The van der Waals surface area contributed by atoms with E-state index in [4.69, 9.17) is 5.11 Å². The molecule has 0 saturated heterocycles. The molecule has 1 aliphatic carbocycles. The highest BCUT2D eigenvalue weighted by atomic mass is 16.3. The summed E-state index contributed by atoms with van der Waals surface area (Å²) in [5.74, 6) is 0. The normalized spacial score (nSPS) is 17.6. The number of aromatic nitrogens is 2. The maximum Gasteiger partial charge on any atom is 0.0521 e. The highest BCUT2D eigenvalue weighted by Gasteiger charge is 2.41. The fraction of sp³-hybridized carbons (Fsp3) is 0.750. The minimum absolute atomic E-state index is 0.314. The number of hydrogen-bond donors (Lipinski definition) is 2. The first kappa shape index (κ1) is 11.6. The van der Waals surface area contributed by atoms with Gasteiger partial charge in [0.2, 0.25) is 0 Å². The molecule has 1 aromatic heterocycles. The molecule has 16 heavy (non-hydrogen) atoms. The van der Waals surface area contributed by atoms with Gasteiger partial charge in [-0.25, -0.2) is 0 Å². The van der Waals surface area contributed by atoms with Gasteiger partial charge in [0.15, 0.2) is 0 Å². The van der Waals surface area contributed by atoms with E-state index < -0.39 is 0 Å². The van der Waals surface area contributed by atoms with Gasteiger partial charge in [-0.05, 0) is 37.7 Å².